The van der Waals surface area contributed by atoms with Gasteiger partial charge in [0.1, 0.15) is 5.75 Å². The SMILES string of the molecule is COc1ccccc1[C@H](C)NC(=O)CC[C@H]1Cc2ccccc2NC1=O. The lowest BCUT2D eigenvalue weighted by atomic mass is 9.89. The van der Waals surface area contributed by atoms with E-state index < -0.39 is 0 Å². The highest BCUT2D eigenvalue weighted by atomic mass is 16.5. The number of ether oxygens (including phenoxy) is 1. The molecule has 0 bridgehead atoms. The number of para-hydroxylation sites is 2. The van der Waals surface area contributed by atoms with Crippen molar-refractivity contribution in [1.82, 2.24) is 5.32 Å². The molecule has 1 aliphatic rings. The van der Waals surface area contributed by atoms with E-state index in [9.17, 15) is 9.59 Å². The molecule has 0 aromatic heterocycles. The second-order valence-corrected chi connectivity index (χ2v) is 6.62. The standard InChI is InChI=1S/C21H24N2O3/c1-14(17-8-4-6-10-19(17)26-2)22-20(24)12-11-16-13-15-7-3-5-9-18(15)23-21(16)25/h3-10,14,16H,11-13H2,1-2H3,(H,22,24)(H,23,25)/t14-,16-/m0/s1. The van der Waals surface area contributed by atoms with Gasteiger partial charge in [-0.2, -0.15) is 0 Å². The van der Waals surface area contributed by atoms with Crippen LogP contribution in [0.5, 0.6) is 5.75 Å². The van der Waals surface area contributed by atoms with Crippen molar-refractivity contribution in [3.05, 3.63) is 59.7 Å². The Labute approximate surface area is 153 Å². The molecule has 1 heterocycles. The Kier molecular flexibility index (Phi) is 5.56. The highest BCUT2D eigenvalue weighted by Gasteiger charge is 2.26. The second kappa shape index (κ2) is 8.04. The lowest BCUT2D eigenvalue weighted by Gasteiger charge is -2.24. The number of hydrogen-bond donors (Lipinski definition) is 2. The summed E-state index contributed by atoms with van der Waals surface area (Å²) < 4.78 is 5.35. The highest BCUT2D eigenvalue weighted by Crippen LogP contribution is 2.28. The Hall–Kier alpha value is -2.82. The van der Waals surface area contributed by atoms with Gasteiger partial charge in [-0.05, 0) is 37.5 Å². The van der Waals surface area contributed by atoms with Gasteiger partial charge in [0.2, 0.25) is 11.8 Å². The molecule has 0 unspecified atom stereocenters. The van der Waals surface area contributed by atoms with Crippen molar-refractivity contribution in [2.75, 3.05) is 12.4 Å². The molecule has 26 heavy (non-hydrogen) atoms. The van der Waals surface area contributed by atoms with Gasteiger partial charge in [-0.3, -0.25) is 9.59 Å². The van der Waals surface area contributed by atoms with E-state index in [1.54, 1.807) is 7.11 Å². The summed E-state index contributed by atoms with van der Waals surface area (Å²) in [6, 6.07) is 15.3. The molecule has 0 radical (unpaired) electrons. The topological polar surface area (TPSA) is 67.4 Å². The number of anilines is 1. The minimum Gasteiger partial charge on any atom is -0.496 e. The first kappa shape index (κ1) is 18.0. The number of benzene rings is 2. The van der Waals surface area contributed by atoms with E-state index in [1.807, 2.05) is 55.5 Å². The van der Waals surface area contributed by atoms with E-state index in [2.05, 4.69) is 10.6 Å². The van der Waals surface area contributed by atoms with Crippen LogP contribution in [0.3, 0.4) is 0 Å². The zero-order valence-corrected chi connectivity index (χ0v) is 15.1. The molecule has 136 valence electrons. The molecular weight excluding hydrogens is 328 g/mol. The van der Waals surface area contributed by atoms with Gasteiger partial charge in [0.25, 0.3) is 0 Å². The largest absolute Gasteiger partial charge is 0.496 e. The monoisotopic (exact) mass is 352 g/mol. The van der Waals surface area contributed by atoms with Crippen molar-refractivity contribution < 1.29 is 14.3 Å². The fraction of sp³-hybridized carbons (Fsp3) is 0.333. The zero-order chi connectivity index (χ0) is 18.5. The van der Waals surface area contributed by atoms with Crippen molar-refractivity contribution >= 4 is 17.5 Å². The van der Waals surface area contributed by atoms with Crippen molar-refractivity contribution in [3.63, 3.8) is 0 Å². The van der Waals surface area contributed by atoms with Crippen molar-refractivity contribution in [2.24, 2.45) is 5.92 Å². The molecule has 2 aromatic carbocycles. The molecule has 2 N–H and O–H groups in total. The molecule has 0 saturated carbocycles. The smallest absolute Gasteiger partial charge is 0.227 e. The number of hydrogen-bond acceptors (Lipinski definition) is 3. The van der Waals surface area contributed by atoms with Gasteiger partial charge >= 0.3 is 0 Å². The molecule has 2 amide bonds. The molecule has 5 heteroatoms. The van der Waals surface area contributed by atoms with Crippen LogP contribution in [-0.4, -0.2) is 18.9 Å². The molecule has 0 fully saturated rings. The summed E-state index contributed by atoms with van der Waals surface area (Å²) in [5, 5.41) is 5.92. The van der Waals surface area contributed by atoms with Crippen LogP contribution in [0.25, 0.3) is 0 Å². The first-order valence-corrected chi connectivity index (χ1v) is 8.89. The van der Waals surface area contributed by atoms with E-state index >= 15 is 0 Å². The lowest BCUT2D eigenvalue weighted by Crippen LogP contribution is -2.32. The summed E-state index contributed by atoms with van der Waals surface area (Å²) in [7, 11) is 1.62. The average Bonchev–Trinajstić information content (AvgIpc) is 2.66. The summed E-state index contributed by atoms with van der Waals surface area (Å²) in [5.41, 5.74) is 2.94. The maximum atomic E-state index is 12.3. The number of carbonyl (C=O) groups is 2. The minimum absolute atomic E-state index is 0.00530. The highest BCUT2D eigenvalue weighted by molar-refractivity contribution is 5.96. The van der Waals surface area contributed by atoms with Crippen LogP contribution in [0.15, 0.2) is 48.5 Å². The molecule has 0 aliphatic carbocycles. The maximum Gasteiger partial charge on any atom is 0.227 e. The maximum absolute atomic E-state index is 12.3. The molecule has 1 aliphatic heterocycles. The van der Waals surface area contributed by atoms with E-state index in [4.69, 9.17) is 4.74 Å². The van der Waals surface area contributed by atoms with Gasteiger partial charge in [0.05, 0.1) is 13.2 Å². The third-order valence-corrected chi connectivity index (χ3v) is 4.82. The second-order valence-electron chi connectivity index (χ2n) is 6.62. The first-order chi connectivity index (χ1) is 12.6. The van der Waals surface area contributed by atoms with Gasteiger partial charge in [-0.1, -0.05) is 36.4 Å². The summed E-state index contributed by atoms with van der Waals surface area (Å²) in [6.45, 7) is 1.93. The summed E-state index contributed by atoms with van der Waals surface area (Å²) in [6.07, 6.45) is 1.53. The van der Waals surface area contributed by atoms with Crippen LogP contribution < -0.4 is 15.4 Å². The van der Waals surface area contributed by atoms with E-state index in [1.165, 1.54) is 0 Å². The van der Waals surface area contributed by atoms with E-state index in [0.29, 0.717) is 19.3 Å². The van der Waals surface area contributed by atoms with Crippen LogP contribution in [-0.2, 0) is 16.0 Å². The molecule has 5 nitrogen and oxygen atoms in total. The summed E-state index contributed by atoms with van der Waals surface area (Å²) >= 11 is 0. The number of rotatable bonds is 6. The Morgan fingerprint density at radius 2 is 1.96 bits per heavy atom. The Balaban J connectivity index is 1.55. The molecule has 0 spiro atoms. The fourth-order valence-corrected chi connectivity index (χ4v) is 3.37. The summed E-state index contributed by atoms with van der Waals surface area (Å²) in [4.78, 5) is 24.6. The number of amides is 2. The molecular formula is C21H24N2O3. The predicted octanol–water partition coefficient (Wildman–Crippen LogP) is 3.46. The Morgan fingerprint density at radius 1 is 1.23 bits per heavy atom. The van der Waals surface area contributed by atoms with Gasteiger partial charge in [-0.15, -0.1) is 0 Å². The zero-order valence-electron chi connectivity index (χ0n) is 15.1. The lowest BCUT2D eigenvalue weighted by molar-refractivity contribution is -0.123. The van der Waals surface area contributed by atoms with Crippen LogP contribution in [0.2, 0.25) is 0 Å². The fourth-order valence-electron chi connectivity index (χ4n) is 3.37. The molecule has 0 saturated heterocycles. The third kappa shape index (κ3) is 4.04. The predicted molar refractivity (Wildman–Crippen MR) is 101 cm³/mol. The van der Waals surface area contributed by atoms with Crippen molar-refractivity contribution in [1.29, 1.82) is 0 Å². The van der Waals surface area contributed by atoms with E-state index in [0.717, 1.165) is 22.6 Å². The number of carbonyl (C=O) groups excluding carboxylic acids is 2. The third-order valence-electron chi connectivity index (χ3n) is 4.82. The quantitative estimate of drug-likeness (QED) is 0.836. The van der Waals surface area contributed by atoms with Gasteiger partial charge in [0.15, 0.2) is 0 Å². The number of nitrogens with one attached hydrogen (secondary N) is 2. The van der Waals surface area contributed by atoms with Crippen LogP contribution in [0.1, 0.15) is 36.9 Å². The van der Waals surface area contributed by atoms with Crippen LogP contribution in [0, 0.1) is 5.92 Å². The minimum atomic E-state index is -0.169. The Morgan fingerprint density at radius 3 is 2.77 bits per heavy atom. The van der Waals surface area contributed by atoms with Gasteiger partial charge in [0, 0.05) is 23.6 Å². The summed E-state index contributed by atoms with van der Waals surface area (Å²) in [5.74, 6) is 0.519. The van der Waals surface area contributed by atoms with E-state index in [-0.39, 0.29) is 23.8 Å². The van der Waals surface area contributed by atoms with Crippen LogP contribution in [0.4, 0.5) is 5.69 Å². The van der Waals surface area contributed by atoms with Crippen LogP contribution >= 0.6 is 0 Å². The number of methoxy groups -OCH3 is 1. The molecule has 2 atom stereocenters. The average molecular weight is 352 g/mol. The molecule has 2 aromatic rings. The molecule has 3 rings (SSSR count). The first-order valence-electron chi connectivity index (χ1n) is 8.89. The normalized spacial score (nSPS) is 17.0. The van der Waals surface area contributed by atoms with Gasteiger partial charge in [-0.25, -0.2) is 0 Å². The van der Waals surface area contributed by atoms with Crippen molar-refractivity contribution in [2.45, 2.75) is 32.2 Å². The van der Waals surface area contributed by atoms with Crippen molar-refractivity contribution in [3.8, 4) is 5.75 Å². The number of fused-ring (bicyclic) bond motifs is 1. The van der Waals surface area contributed by atoms with Gasteiger partial charge < -0.3 is 15.4 Å². The Bertz CT molecular complexity index is 803.